The van der Waals surface area contributed by atoms with Gasteiger partial charge in [-0.05, 0) is 72.3 Å². The number of thioether (sulfide) groups is 1. The number of carbonyl (C=O) groups is 2. The van der Waals surface area contributed by atoms with Crippen molar-refractivity contribution in [2.24, 2.45) is 5.10 Å². The van der Waals surface area contributed by atoms with Gasteiger partial charge in [-0.3, -0.25) is 14.2 Å². The van der Waals surface area contributed by atoms with Crippen LogP contribution in [0.2, 0.25) is 0 Å². The van der Waals surface area contributed by atoms with Gasteiger partial charge in [0.05, 0.1) is 34.6 Å². The molecule has 8 nitrogen and oxygen atoms in total. The minimum Gasteiger partial charge on any atom is -0.345 e. The van der Waals surface area contributed by atoms with Crippen molar-refractivity contribution in [1.29, 1.82) is 0 Å². The summed E-state index contributed by atoms with van der Waals surface area (Å²) >= 11 is 2.83. The van der Waals surface area contributed by atoms with Gasteiger partial charge >= 0.3 is 0 Å². The third-order valence-electron chi connectivity index (χ3n) is 7.30. The average molecular weight is 625 g/mol. The number of thiophene rings is 1. The van der Waals surface area contributed by atoms with E-state index in [4.69, 9.17) is 5.10 Å². The van der Waals surface area contributed by atoms with Gasteiger partial charge in [-0.25, -0.2) is 9.40 Å². The van der Waals surface area contributed by atoms with E-state index in [2.05, 4.69) is 15.5 Å². The summed E-state index contributed by atoms with van der Waals surface area (Å²) in [7, 11) is 0. The first-order chi connectivity index (χ1) is 21.4. The first kappa shape index (κ1) is 29.5. The van der Waals surface area contributed by atoms with Gasteiger partial charge in [0.15, 0.2) is 11.0 Å². The number of aromatic nitrogens is 3. The van der Waals surface area contributed by atoms with E-state index in [9.17, 15) is 14.0 Å². The standard InChI is InChI=1S/C33H29FN6O2S2/c1-21-10-11-22(2)27(17-21)39-30(19-35-32(42)24-7-4-3-5-8-24)36-37-33(39)44-20-31(41)40-28(23-12-14-25(34)15-13-23)18-26(38-40)29-9-6-16-43-29/h3-17,28H,18-20H2,1-2H3,(H,35,42)/t28-/m0/s1. The second-order valence-corrected chi connectivity index (χ2v) is 12.3. The zero-order valence-corrected chi connectivity index (χ0v) is 25.7. The lowest BCUT2D eigenvalue weighted by Gasteiger charge is -2.22. The maximum Gasteiger partial charge on any atom is 0.253 e. The fourth-order valence-corrected chi connectivity index (χ4v) is 6.57. The van der Waals surface area contributed by atoms with Crippen molar-refractivity contribution in [3.63, 3.8) is 0 Å². The third kappa shape index (κ3) is 6.34. The van der Waals surface area contributed by atoms with Crippen molar-refractivity contribution in [3.8, 4) is 5.69 Å². The zero-order chi connectivity index (χ0) is 30.6. The Kier molecular flexibility index (Phi) is 8.67. The van der Waals surface area contributed by atoms with Gasteiger partial charge in [0.1, 0.15) is 5.82 Å². The minimum atomic E-state index is -0.346. The summed E-state index contributed by atoms with van der Waals surface area (Å²) in [5, 5.41) is 20.5. The number of rotatable bonds is 9. The average Bonchev–Trinajstić information content (AvgIpc) is 3.81. The van der Waals surface area contributed by atoms with Gasteiger partial charge in [0, 0.05) is 12.0 Å². The predicted octanol–water partition coefficient (Wildman–Crippen LogP) is 6.48. The molecule has 0 fully saturated rings. The monoisotopic (exact) mass is 624 g/mol. The second-order valence-electron chi connectivity index (χ2n) is 10.4. The van der Waals surface area contributed by atoms with E-state index in [1.54, 1.807) is 35.6 Å². The van der Waals surface area contributed by atoms with Gasteiger partial charge in [-0.1, -0.05) is 60.3 Å². The topological polar surface area (TPSA) is 92.5 Å². The Labute approximate surface area is 262 Å². The molecule has 222 valence electrons. The van der Waals surface area contributed by atoms with E-state index >= 15 is 0 Å². The molecule has 5 aromatic rings. The lowest BCUT2D eigenvalue weighted by Crippen LogP contribution is -2.28. The van der Waals surface area contributed by atoms with Gasteiger partial charge in [-0.15, -0.1) is 21.5 Å². The maximum atomic E-state index is 13.7. The Balaban J connectivity index is 1.26. The Bertz CT molecular complexity index is 1820. The number of nitrogens with zero attached hydrogens (tertiary/aromatic N) is 5. The van der Waals surface area contributed by atoms with Crippen LogP contribution in [0.1, 0.15) is 50.2 Å². The molecular weight excluding hydrogens is 596 g/mol. The summed E-state index contributed by atoms with van der Waals surface area (Å²) in [6, 6.07) is 24.9. The smallest absolute Gasteiger partial charge is 0.253 e. The molecule has 3 heterocycles. The van der Waals surface area contributed by atoms with Crippen molar-refractivity contribution in [2.75, 3.05) is 5.75 Å². The Morgan fingerprint density at radius 1 is 1.00 bits per heavy atom. The Hall–Kier alpha value is -4.61. The molecule has 11 heteroatoms. The van der Waals surface area contributed by atoms with Crippen LogP contribution in [-0.4, -0.2) is 43.1 Å². The minimum absolute atomic E-state index is 0.0539. The summed E-state index contributed by atoms with van der Waals surface area (Å²) in [5.41, 5.74) is 5.12. The van der Waals surface area contributed by atoms with E-state index in [1.807, 2.05) is 72.3 Å². The molecule has 1 aliphatic heterocycles. The quantitative estimate of drug-likeness (QED) is 0.190. The van der Waals surface area contributed by atoms with E-state index in [1.165, 1.54) is 28.9 Å². The summed E-state index contributed by atoms with van der Waals surface area (Å²) in [6.07, 6.45) is 0.534. The number of halogens is 1. The lowest BCUT2D eigenvalue weighted by molar-refractivity contribution is -0.130. The van der Waals surface area contributed by atoms with Crippen LogP contribution in [-0.2, 0) is 11.3 Å². The van der Waals surface area contributed by atoms with Crippen LogP contribution in [0.5, 0.6) is 0 Å². The van der Waals surface area contributed by atoms with Crippen LogP contribution in [0.15, 0.2) is 101 Å². The number of nitrogens with one attached hydrogen (secondary N) is 1. The molecule has 0 aliphatic carbocycles. The van der Waals surface area contributed by atoms with Crippen LogP contribution in [0.25, 0.3) is 5.69 Å². The SMILES string of the molecule is Cc1ccc(C)c(-n2c(CNC(=O)c3ccccc3)nnc2SCC(=O)N2N=C(c3cccs3)C[C@H]2c2ccc(F)cc2)c1. The molecule has 0 saturated carbocycles. The molecule has 1 aliphatic rings. The number of amides is 2. The highest BCUT2D eigenvalue weighted by molar-refractivity contribution is 7.99. The Morgan fingerprint density at radius 3 is 2.55 bits per heavy atom. The van der Waals surface area contributed by atoms with Gasteiger partial charge in [-0.2, -0.15) is 5.10 Å². The molecule has 6 rings (SSSR count). The van der Waals surface area contributed by atoms with Crippen LogP contribution in [0.3, 0.4) is 0 Å². The highest BCUT2D eigenvalue weighted by Gasteiger charge is 2.34. The molecular formula is C33H29FN6O2S2. The van der Waals surface area contributed by atoms with Crippen LogP contribution in [0, 0.1) is 19.7 Å². The number of hydrogen-bond acceptors (Lipinski definition) is 7. The Morgan fingerprint density at radius 2 is 1.80 bits per heavy atom. The number of aryl methyl sites for hydroxylation is 2. The van der Waals surface area contributed by atoms with Crippen LogP contribution >= 0.6 is 23.1 Å². The second kappa shape index (κ2) is 12.9. The first-order valence-electron chi connectivity index (χ1n) is 14.0. The molecule has 0 spiro atoms. The van der Waals surface area contributed by atoms with Crippen LogP contribution < -0.4 is 5.32 Å². The fourth-order valence-electron chi connectivity index (χ4n) is 5.03. The number of hydrogen-bond donors (Lipinski definition) is 1. The van der Waals surface area contributed by atoms with E-state index in [0.29, 0.717) is 23.0 Å². The normalized spacial score (nSPS) is 14.5. The predicted molar refractivity (Wildman–Crippen MR) is 171 cm³/mol. The fraction of sp³-hybridized carbons (Fsp3) is 0.182. The van der Waals surface area contributed by atoms with Crippen molar-refractivity contribution < 1.29 is 14.0 Å². The molecule has 0 saturated heterocycles. The molecule has 1 N–H and O–H groups in total. The third-order valence-corrected chi connectivity index (χ3v) is 9.13. The summed E-state index contributed by atoms with van der Waals surface area (Å²) < 4.78 is 15.6. The first-order valence-corrected chi connectivity index (χ1v) is 15.9. The number of carbonyl (C=O) groups excluding carboxylic acids is 2. The lowest BCUT2D eigenvalue weighted by atomic mass is 10.0. The largest absolute Gasteiger partial charge is 0.345 e. The van der Waals surface area contributed by atoms with E-state index in [0.717, 1.165) is 33.0 Å². The van der Waals surface area contributed by atoms with Gasteiger partial charge < -0.3 is 5.32 Å². The maximum absolute atomic E-state index is 13.7. The highest BCUT2D eigenvalue weighted by atomic mass is 32.2. The molecule has 2 aromatic heterocycles. The van der Waals surface area contributed by atoms with Crippen molar-refractivity contribution >= 4 is 40.6 Å². The molecule has 44 heavy (non-hydrogen) atoms. The molecule has 0 radical (unpaired) electrons. The van der Waals surface area contributed by atoms with Gasteiger partial charge in [0.25, 0.3) is 11.8 Å². The number of hydrazone groups is 1. The molecule has 2 amide bonds. The molecule has 0 bridgehead atoms. The highest BCUT2D eigenvalue weighted by Crippen LogP contribution is 2.35. The summed E-state index contributed by atoms with van der Waals surface area (Å²) in [5.74, 6) is -0.156. The number of benzene rings is 3. The molecule has 0 unspecified atom stereocenters. The van der Waals surface area contributed by atoms with E-state index in [-0.39, 0.29) is 36.0 Å². The molecule has 1 atom stereocenters. The summed E-state index contributed by atoms with van der Waals surface area (Å²) in [6.45, 7) is 4.15. The molecule has 3 aromatic carbocycles. The van der Waals surface area contributed by atoms with Crippen molar-refractivity contribution in [2.45, 2.75) is 38.0 Å². The zero-order valence-electron chi connectivity index (χ0n) is 24.1. The van der Waals surface area contributed by atoms with Crippen molar-refractivity contribution in [3.05, 3.63) is 129 Å². The van der Waals surface area contributed by atoms with Crippen molar-refractivity contribution in [1.82, 2.24) is 25.1 Å². The summed E-state index contributed by atoms with van der Waals surface area (Å²) in [4.78, 5) is 27.5. The van der Waals surface area contributed by atoms with Gasteiger partial charge in [0.2, 0.25) is 0 Å². The van der Waals surface area contributed by atoms with E-state index < -0.39 is 0 Å². The van der Waals surface area contributed by atoms with Crippen LogP contribution in [0.4, 0.5) is 4.39 Å².